The van der Waals surface area contributed by atoms with Crippen LogP contribution in [-0.2, 0) is 21.4 Å². The first-order valence-corrected chi connectivity index (χ1v) is 12.0. The Balaban J connectivity index is 1.53. The number of nitrogens with zero attached hydrogens (tertiary/aromatic N) is 2. The molecule has 0 bridgehead atoms. The summed E-state index contributed by atoms with van der Waals surface area (Å²) in [7, 11) is -2.06. The molecule has 1 atom stereocenters. The van der Waals surface area contributed by atoms with E-state index >= 15 is 0 Å². The van der Waals surface area contributed by atoms with Gasteiger partial charge in [0.15, 0.2) is 11.5 Å². The Morgan fingerprint density at radius 3 is 2.63 bits per heavy atom. The number of piperidine rings is 1. The Kier molecular flexibility index (Phi) is 6.04. The second-order valence-electron chi connectivity index (χ2n) is 7.46. The van der Waals surface area contributed by atoms with E-state index in [0.717, 1.165) is 22.9 Å². The van der Waals surface area contributed by atoms with E-state index in [1.807, 2.05) is 18.2 Å². The zero-order valence-electron chi connectivity index (χ0n) is 16.6. The highest BCUT2D eigenvalue weighted by Gasteiger charge is 2.38. The molecule has 9 heteroatoms. The SMILES string of the molecule is CN(Cc1ccc2c(c1)OCO2)C(=O)C1CCCCN1S(=O)(=O)c1ccc(Br)cc1. The second kappa shape index (κ2) is 8.56. The summed E-state index contributed by atoms with van der Waals surface area (Å²) >= 11 is 3.33. The van der Waals surface area contributed by atoms with Gasteiger partial charge in [0.2, 0.25) is 22.7 Å². The first-order chi connectivity index (χ1) is 14.4. The lowest BCUT2D eigenvalue weighted by atomic mass is 10.0. The average molecular weight is 495 g/mol. The van der Waals surface area contributed by atoms with Gasteiger partial charge in [-0.15, -0.1) is 0 Å². The summed E-state index contributed by atoms with van der Waals surface area (Å²) in [5.41, 5.74) is 0.897. The number of rotatable bonds is 5. The minimum Gasteiger partial charge on any atom is -0.454 e. The van der Waals surface area contributed by atoms with Crippen LogP contribution in [0.15, 0.2) is 51.8 Å². The summed E-state index contributed by atoms with van der Waals surface area (Å²) in [6.07, 6.45) is 2.08. The van der Waals surface area contributed by atoms with Crippen molar-refractivity contribution in [2.24, 2.45) is 0 Å². The van der Waals surface area contributed by atoms with Gasteiger partial charge in [0.1, 0.15) is 6.04 Å². The summed E-state index contributed by atoms with van der Waals surface area (Å²) < 4.78 is 39.3. The molecular weight excluding hydrogens is 472 g/mol. The molecule has 0 N–H and O–H groups in total. The van der Waals surface area contributed by atoms with E-state index in [0.29, 0.717) is 31.0 Å². The Morgan fingerprint density at radius 2 is 1.87 bits per heavy atom. The molecule has 0 aromatic heterocycles. The Bertz CT molecular complexity index is 1040. The van der Waals surface area contributed by atoms with Crippen molar-refractivity contribution in [2.75, 3.05) is 20.4 Å². The number of benzene rings is 2. The largest absolute Gasteiger partial charge is 0.454 e. The van der Waals surface area contributed by atoms with Gasteiger partial charge in [-0.2, -0.15) is 4.31 Å². The van der Waals surface area contributed by atoms with Crippen LogP contribution in [0.25, 0.3) is 0 Å². The van der Waals surface area contributed by atoms with Crippen LogP contribution in [0.2, 0.25) is 0 Å². The third-order valence-corrected chi connectivity index (χ3v) is 7.84. The van der Waals surface area contributed by atoms with Gasteiger partial charge in [-0.25, -0.2) is 8.42 Å². The summed E-state index contributed by atoms with van der Waals surface area (Å²) in [6, 6.07) is 11.4. The lowest BCUT2D eigenvalue weighted by molar-refractivity contribution is -0.135. The molecule has 4 rings (SSSR count). The third-order valence-electron chi connectivity index (χ3n) is 5.39. The molecule has 30 heavy (non-hydrogen) atoms. The van der Waals surface area contributed by atoms with E-state index in [9.17, 15) is 13.2 Å². The standard InChI is InChI=1S/C21H23BrN2O5S/c1-23(13-15-5-10-19-20(12-15)29-14-28-19)21(25)18-4-2-3-11-24(18)30(26,27)17-8-6-16(22)7-9-17/h5-10,12,18H,2-4,11,13-14H2,1H3. The van der Waals surface area contributed by atoms with Gasteiger partial charge < -0.3 is 14.4 Å². The van der Waals surface area contributed by atoms with Crippen LogP contribution in [0.5, 0.6) is 11.5 Å². The van der Waals surface area contributed by atoms with E-state index < -0.39 is 16.1 Å². The summed E-state index contributed by atoms with van der Waals surface area (Å²) in [4.78, 5) is 15.0. The molecule has 0 aliphatic carbocycles. The van der Waals surface area contributed by atoms with Crippen molar-refractivity contribution in [3.63, 3.8) is 0 Å². The van der Waals surface area contributed by atoms with Gasteiger partial charge in [0, 0.05) is 24.6 Å². The molecule has 2 aliphatic heterocycles. The number of amides is 1. The number of likely N-dealkylation sites (N-methyl/N-ethyl adjacent to an activating group) is 1. The fraction of sp³-hybridized carbons (Fsp3) is 0.381. The van der Waals surface area contributed by atoms with Crippen molar-refractivity contribution in [3.05, 3.63) is 52.5 Å². The topological polar surface area (TPSA) is 76.2 Å². The fourth-order valence-corrected chi connectivity index (χ4v) is 5.74. The fourth-order valence-electron chi connectivity index (χ4n) is 3.83. The molecule has 7 nitrogen and oxygen atoms in total. The molecule has 0 spiro atoms. The average Bonchev–Trinajstić information content (AvgIpc) is 3.21. The quantitative estimate of drug-likeness (QED) is 0.636. The van der Waals surface area contributed by atoms with Crippen molar-refractivity contribution in [3.8, 4) is 11.5 Å². The van der Waals surface area contributed by atoms with Crippen LogP contribution in [0.4, 0.5) is 0 Å². The van der Waals surface area contributed by atoms with Crippen LogP contribution < -0.4 is 9.47 Å². The number of fused-ring (bicyclic) bond motifs is 1. The number of ether oxygens (including phenoxy) is 2. The Labute approximate surface area is 184 Å². The first-order valence-electron chi connectivity index (χ1n) is 9.77. The van der Waals surface area contributed by atoms with Crippen molar-refractivity contribution in [2.45, 2.75) is 36.7 Å². The van der Waals surface area contributed by atoms with Gasteiger partial charge >= 0.3 is 0 Å². The minimum absolute atomic E-state index is 0.193. The molecule has 0 radical (unpaired) electrons. The van der Waals surface area contributed by atoms with Gasteiger partial charge in [0.05, 0.1) is 4.90 Å². The first kappa shape index (κ1) is 21.1. The van der Waals surface area contributed by atoms with Crippen LogP contribution in [0.3, 0.4) is 0 Å². The lowest BCUT2D eigenvalue weighted by Gasteiger charge is -2.35. The minimum atomic E-state index is -3.76. The Hall–Kier alpha value is -2.10. The zero-order valence-corrected chi connectivity index (χ0v) is 19.0. The number of carbonyl (C=O) groups excluding carboxylic acids is 1. The number of halogens is 1. The van der Waals surface area contributed by atoms with E-state index in [4.69, 9.17) is 9.47 Å². The number of sulfonamides is 1. The third kappa shape index (κ3) is 4.19. The molecule has 2 aromatic rings. The number of hydrogen-bond donors (Lipinski definition) is 0. The van der Waals surface area contributed by atoms with Crippen LogP contribution >= 0.6 is 15.9 Å². The normalized spacial score (nSPS) is 18.9. The highest BCUT2D eigenvalue weighted by Crippen LogP contribution is 2.33. The highest BCUT2D eigenvalue weighted by molar-refractivity contribution is 9.10. The van der Waals surface area contributed by atoms with E-state index in [1.165, 1.54) is 4.31 Å². The number of hydrogen-bond acceptors (Lipinski definition) is 5. The molecule has 0 saturated carbocycles. The zero-order chi connectivity index (χ0) is 21.3. The predicted molar refractivity (Wildman–Crippen MR) is 115 cm³/mol. The van der Waals surface area contributed by atoms with Crippen LogP contribution in [0.1, 0.15) is 24.8 Å². The van der Waals surface area contributed by atoms with Crippen molar-refractivity contribution >= 4 is 31.9 Å². The maximum absolute atomic E-state index is 13.2. The molecule has 1 fully saturated rings. The molecule has 2 heterocycles. The summed E-state index contributed by atoms with van der Waals surface area (Å²) in [5, 5.41) is 0. The maximum atomic E-state index is 13.2. The van der Waals surface area contributed by atoms with Gasteiger partial charge in [-0.05, 0) is 54.8 Å². The monoisotopic (exact) mass is 494 g/mol. The molecule has 1 unspecified atom stereocenters. The number of carbonyl (C=O) groups is 1. The molecule has 160 valence electrons. The van der Waals surface area contributed by atoms with Gasteiger partial charge in [-0.3, -0.25) is 4.79 Å². The second-order valence-corrected chi connectivity index (χ2v) is 10.3. The molecule has 1 saturated heterocycles. The van der Waals surface area contributed by atoms with Crippen molar-refractivity contribution < 1.29 is 22.7 Å². The predicted octanol–water partition coefficient (Wildman–Crippen LogP) is 3.38. The molecular formula is C21H23BrN2O5S. The Morgan fingerprint density at radius 1 is 1.13 bits per heavy atom. The van der Waals surface area contributed by atoms with Gasteiger partial charge in [-0.1, -0.05) is 28.4 Å². The molecule has 2 aromatic carbocycles. The summed E-state index contributed by atoms with van der Waals surface area (Å²) in [5.74, 6) is 1.14. The van der Waals surface area contributed by atoms with Crippen LogP contribution in [0, 0.1) is 0 Å². The van der Waals surface area contributed by atoms with Crippen molar-refractivity contribution in [1.82, 2.24) is 9.21 Å². The molecule has 1 amide bonds. The van der Waals surface area contributed by atoms with E-state index in [1.54, 1.807) is 36.2 Å². The van der Waals surface area contributed by atoms with Crippen molar-refractivity contribution in [1.29, 1.82) is 0 Å². The van der Waals surface area contributed by atoms with E-state index in [-0.39, 0.29) is 17.6 Å². The summed E-state index contributed by atoms with van der Waals surface area (Å²) in [6.45, 7) is 0.892. The van der Waals surface area contributed by atoms with E-state index in [2.05, 4.69) is 15.9 Å². The van der Waals surface area contributed by atoms with Gasteiger partial charge in [0.25, 0.3) is 0 Å². The highest BCUT2D eigenvalue weighted by atomic mass is 79.9. The smallest absolute Gasteiger partial charge is 0.243 e. The maximum Gasteiger partial charge on any atom is 0.243 e. The van der Waals surface area contributed by atoms with Crippen LogP contribution in [-0.4, -0.2) is 50.0 Å². The lowest BCUT2D eigenvalue weighted by Crippen LogP contribution is -2.51. The molecule has 2 aliphatic rings.